The van der Waals surface area contributed by atoms with Crippen LogP contribution in [-0.2, 0) is 4.74 Å². The Hall–Kier alpha value is -1.80. The van der Waals surface area contributed by atoms with Crippen molar-refractivity contribution in [2.75, 3.05) is 39.8 Å². The first-order valence-corrected chi connectivity index (χ1v) is 10.2. The van der Waals surface area contributed by atoms with E-state index < -0.39 is 0 Å². The number of amides is 3. The molecule has 0 bridgehead atoms. The van der Waals surface area contributed by atoms with Crippen LogP contribution in [0.3, 0.4) is 0 Å². The molecule has 2 aliphatic heterocycles. The van der Waals surface area contributed by atoms with E-state index in [4.69, 9.17) is 4.74 Å². The van der Waals surface area contributed by atoms with Crippen LogP contribution in [0.2, 0.25) is 0 Å². The molecule has 2 saturated heterocycles. The lowest BCUT2D eigenvalue weighted by molar-refractivity contribution is 0.108. The van der Waals surface area contributed by atoms with Gasteiger partial charge < -0.3 is 20.3 Å². The second kappa shape index (κ2) is 9.23. The summed E-state index contributed by atoms with van der Waals surface area (Å²) in [6, 6.07) is 4.24. The Bertz CT molecular complexity index is 589. The van der Waals surface area contributed by atoms with Gasteiger partial charge in [-0.05, 0) is 50.2 Å². The fourth-order valence-electron chi connectivity index (χ4n) is 3.76. The summed E-state index contributed by atoms with van der Waals surface area (Å²) in [4.78, 5) is 29.4. The maximum atomic E-state index is 12.4. The van der Waals surface area contributed by atoms with Crippen LogP contribution in [0.1, 0.15) is 36.6 Å². The molecule has 2 unspecified atom stereocenters. The highest BCUT2D eigenvalue weighted by atomic mass is 32.1. The molecule has 2 fully saturated rings. The molecule has 3 amide bonds. The Kier molecular flexibility index (Phi) is 6.73. The largest absolute Gasteiger partial charge is 0.453 e. The van der Waals surface area contributed by atoms with Gasteiger partial charge in [0, 0.05) is 30.6 Å². The molecule has 7 nitrogen and oxygen atoms in total. The minimum absolute atomic E-state index is 0.0326. The van der Waals surface area contributed by atoms with Crippen molar-refractivity contribution in [3.8, 4) is 0 Å². The number of hydrogen-bond donors (Lipinski definition) is 2. The molecule has 26 heavy (non-hydrogen) atoms. The Balaban J connectivity index is 1.50. The van der Waals surface area contributed by atoms with Gasteiger partial charge in [-0.2, -0.15) is 0 Å². The number of carbonyl (C=O) groups is 2. The highest BCUT2D eigenvalue weighted by Crippen LogP contribution is 2.27. The summed E-state index contributed by atoms with van der Waals surface area (Å²) in [5.41, 5.74) is 0. The van der Waals surface area contributed by atoms with Crippen molar-refractivity contribution >= 4 is 23.5 Å². The van der Waals surface area contributed by atoms with E-state index in [9.17, 15) is 9.59 Å². The number of hydrogen-bond acceptors (Lipinski definition) is 5. The zero-order chi connectivity index (χ0) is 18.4. The smallest absolute Gasteiger partial charge is 0.409 e. The van der Waals surface area contributed by atoms with E-state index in [1.165, 1.54) is 24.8 Å². The van der Waals surface area contributed by atoms with Gasteiger partial charge in [-0.1, -0.05) is 6.07 Å². The highest BCUT2D eigenvalue weighted by molar-refractivity contribution is 7.10. The van der Waals surface area contributed by atoms with Crippen molar-refractivity contribution < 1.29 is 14.3 Å². The maximum Gasteiger partial charge on any atom is 0.409 e. The first-order chi connectivity index (χ1) is 12.7. The molecule has 0 aromatic carbocycles. The molecule has 8 heteroatoms. The molecule has 1 aromatic rings. The first kappa shape index (κ1) is 19.0. The number of methoxy groups -OCH3 is 1. The third kappa shape index (κ3) is 4.88. The second-order valence-corrected chi connectivity index (χ2v) is 7.86. The molecule has 144 valence electrons. The SMILES string of the molecule is COC(=O)N1CCCC(NC(=O)NCC(c2cccs2)N2CCCC2)C1. The monoisotopic (exact) mass is 380 g/mol. The molecule has 2 aliphatic rings. The normalized spacial score (nSPS) is 22.0. The summed E-state index contributed by atoms with van der Waals surface area (Å²) in [7, 11) is 1.38. The molecular weight excluding hydrogens is 352 g/mol. The van der Waals surface area contributed by atoms with Crippen LogP contribution in [0.15, 0.2) is 17.5 Å². The zero-order valence-corrected chi connectivity index (χ0v) is 16.1. The van der Waals surface area contributed by atoms with Gasteiger partial charge in [0.05, 0.1) is 13.2 Å². The molecule has 0 saturated carbocycles. The van der Waals surface area contributed by atoms with Gasteiger partial charge >= 0.3 is 12.1 Å². The molecule has 0 radical (unpaired) electrons. The van der Waals surface area contributed by atoms with Gasteiger partial charge in [-0.3, -0.25) is 4.90 Å². The van der Waals surface area contributed by atoms with Crippen molar-refractivity contribution in [3.63, 3.8) is 0 Å². The quantitative estimate of drug-likeness (QED) is 0.823. The molecule has 1 aromatic heterocycles. The molecule has 0 aliphatic carbocycles. The third-order valence-electron chi connectivity index (χ3n) is 5.10. The highest BCUT2D eigenvalue weighted by Gasteiger charge is 2.27. The summed E-state index contributed by atoms with van der Waals surface area (Å²) in [6.07, 6.45) is 3.86. The Labute approximate surface area is 158 Å². The molecule has 3 rings (SSSR count). The summed E-state index contributed by atoms with van der Waals surface area (Å²) in [5, 5.41) is 8.12. The minimum atomic E-state index is -0.330. The van der Waals surface area contributed by atoms with E-state index >= 15 is 0 Å². The van der Waals surface area contributed by atoms with Crippen LogP contribution >= 0.6 is 11.3 Å². The minimum Gasteiger partial charge on any atom is -0.453 e. The lowest BCUT2D eigenvalue weighted by Gasteiger charge is -2.32. The summed E-state index contributed by atoms with van der Waals surface area (Å²) < 4.78 is 4.77. The average Bonchev–Trinajstić information content (AvgIpc) is 3.36. The fraction of sp³-hybridized carbons (Fsp3) is 0.667. The van der Waals surface area contributed by atoms with Gasteiger partial charge in [0.15, 0.2) is 0 Å². The Morgan fingerprint density at radius 1 is 1.31 bits per heavy atom. The molecule has 0 spiro atoms. The van der Waals surface area contributed by atoms with Crippen LogP contribution in [-0.4, -0.2) is 67.8 Å². The van der Waals surface area contributed by atoms with E-state index in [0.29, 0.717) is 19.6 Å². The number of nitrogens with zero attached hydrogens (tertiary/aromatic N) is 2. The van der Waals surface area contributed by atoms with Gasteiger partial charge in [-0.15, -0.1) is 11.3 Å². The van der Waals surface area contributed by atoms with Crippen molar-refractivity contribution in [2.24, 2.45) is 0 Å². The zero-order valence-electron chi connectivity index (χ0n) is 15.3. The number of ether oxygens (including phenoxy) is 1. The lowest BCUT2D eigenvalue weighted by Crippen LogP contribution is -2.52. The Morgan fingerprint density at radius 2 is 2.12 bits per heavy atom. The number of rotatable bonds is 5. The maximum absolute atomic E-state index is 12.4. The molecule has 3 heterocycles. The topological polar surface area (TPSA) is 73.9 Å². The van der Waals surface area contributed by atoms with Crippen molar-refractivity contribution in [3.05, 3.63) is 22.4 Å². The van der Waals surface area contributed by atoms with Crippen LogP contribution in [0, 0.1) is 0 Å². The molecule has 2 atom stereocenters. The predicted molar refractivity (Wildman–Crippen MR) is 101 cm³/mol. The first-order valence-electron chi connectivity index (χ1n) is 9.32. The summed E-state index contributed by atoms with van der Waals surface area (Å²) >= 11 is 1.74. The van der Waals surface area contributed by atoms with Crippen LogP contribution in [0.4, 0.5) is 9.59 Å². The summed E-state index contributed by atoms with van der Waals surface area (Å²) in [6.45, 7) is 3.95. The van der Waals surface area contributed by atoms with Crippen LogP contribution in [0.5, 0.6) is 0 Å². The number of nitrogens with one attached hydrogen (secondary N) is 2. The molecular formula is C18H28N4O3S. The van der Waals surface area contributed by atoms with Gasteiger partial charge in [0.2, 0.25) is 0 Å². The van der Waals surface area contributed by atoms with E-state index in [2.05, 4.69) is 33.0 Å². The standard InChI is InChI=1S/C18H28N4O3S/c1-25-18(24)22-10-4-6-14(13-22)20-17(23)19-12-15(16-7-5-11-26-16)21-8-2-3-9-21/h5,7,11,14-15H,2-4,6,8-10,12-13H2,1H3,(H2,19,20,23). The van der Waals surface area contributed by atoms with Gasteiger partial charge in [0.25, 0.3) is 0 Å². The van der Waals surface area contributed by atoms with E-state index in [1.807, 2.05) is 0 Å². The third-order valence-corrected chi connectivity index (χ3v) is 6.07. The average molecular weight is 381 g/mol. The predicted octanol–water partition coefficient (Wildman–Crippen LogP) is 2.42. The number of thiophene rings is 1. The number of piperidine rings is 1. The van der Waals surface area contributed by atoms with Crippen molar-refractivity contribution in [1.29, 1.82) is 0 Å². The van der Waals surface area contributed by atoms with Crippen LogP contribution in [0.25, 0.3) is 0 Å². The van der Waals surface area contributed by atoms with E-state index in [1.54, 1.807) is 16.2 Å². The number of urea groups is 1. The fourth-order valence-corrected chi connectivity index (χ4v) is 4.62. The van der Waals surface area contributed by atoms with Gasteiger partial charge in [-0.25, -0.2) is 9.59 Å². The van der Waals surface area contributed by atoms with E-state index in [0.717, 1.165) is 25.9 Å². The Morgan fingerprint density at radius 3 is 2.81 bits per heavy atom. The van der Waals surface area contributed by atoms with E-state index in [-0.39, 0.29) is 24.2 Å². The van der Waals surface area contributed by atoms with Gasteiger partial charge in [0.1, 0.15) is 0 Å². The van der Waals surface area contributed by atoms with Crippen molar-refractivity contribution in [1.82, 2.24) is 20.4 Å². The van der Waals surface area contributed by atoms with Crippen molar-refractivity contribution in [2.45, 2.75) is 37.8 Å². The number of carbonyl (C=O) groups excluding carboxylic acids is 2. The number of likely N-dealkylation sites (tertiary alicyclic amines) is 2. The second-order valence-electron chi connectivity index (χ2n) is 6.88. The molecule has 2 N–H and O–H groups in total. The lowest BCUT2D eigenvalue weighted by atomic mass is 10.1. The summed E-state index contributed by atoms with van der Waals surface area (Å²) in [5.74, 6) is 0. The van der Waals surface area contributed by atoms with Crippen LogP contribution < -0.4 is 10.6 Å².